The zero-order valence-electron chi connectivity index (χ0n) is 5.50. The van der Waals surface area contributed by atoms with Gasteiger partial charge in [0.25, 0.3) is 0 Å². The SMILES string of the molecule is O=CC(Br)c1ccc(Cl)cn1. The van der Waals surface area contributed by atoms with E-state index in [9.17, 15) is 4.79 Å². The van der Waals surface area contributed by atoms with Crippen LogP contribution in [0.15, 0.2) is 18.3 Å². The Morgan fingerprint density at radius 2 is 2.36 bits per heavy atom. The van der Waals surface area contributed by atoms with Gasteiger partial charge in [-0.15, -0.1) is 0 Å². The minimum absolute atomic E-state index is 0.334. The normalized spacial score (nSPS) is 12.5. The first-order chi connectivity index (χ1) is 5.24. The number of alkyl halides is 1. The Kier molecular flexibility index (Phi) is 3.02. The van der Waals surface area contributed by atoms with Gasteiger partial charge in [-0.3, -0.25) is 4.98 Å². The molecule has 0 saturated heterocycles. The molecule has 0 saturated carbocycles. The Morgan fingerprint density at radius 1 is 1.64 bits per heavy atom. The molecule has 0 bridgehead atoms. The molecule has 0 amide bonds. The van der Waals surface area contributed by atoms with Crippen LogP contribution in [0.3, 0.4) is 0 Å². The summed E-state index contributed by atoms with van der Waals surface area (Å²) in [6, 6.07) is 3.40. The first-order valence-corrected chi connectivity index (χ1v) is 4.24. The van der Waals surface area contributed by atoms with E-state index >= 15 is 0 Å². The minimum atomic E-state index is -0.334. The van der Waals surface area contributed by atoms with Crippen molar-refractivity contribution in [1.82, 2.24) is 4.98 Å². The van der Waals surface area contributed by atoms with E-state index in [2.05, 4.69) is 20.9 Å². The quantitative estimate of drug-likeness (QED) is 0.581. The molecular formula is C7H5BrClNO. The number of hydrogen-bond acceptors (Lipinski definition) is 2. The van der Waals surface area contributed by atoms with Gasteiger partial charge in [-0.1, -0.05) is 27.5 Å². The van der Waals surface area contributed by atoms with Gasteiger partial charge in [0.15, 0.2) is 0 Å². The topological polar surface area (TPSA) is 30.0 Å². The lowest BCUT2D eigenvalue weighted by atomic mass is 10.3. The van der Waals surface area contributed by atoms with Gasteiger partial charge in [0, 0.05) is 6.20 Å². The van der Waals surface area contributed by atoms with Crippen molar-refractivity contribution < 1.29 is 4.79 Å². The van der Waals surface area contributed by atoms with Crippen LogP contribution in [-0.4, -0.2) is 11.3 Å². The van der Waals surface area contributed by atoms with E-state index in [0.29, 0.717) is 10.7 Å². The summed E-state index contributed by atoms with van der Waals surface area (Å²) in [6.07, 6.45) is 2.28. The molecule has 1 aromatic heterocycles. The molecule has 1 atom stereocenters. The fraction of sp³-hybridized carbons (Fsp3) is 0.143. The second-order valence-corrected chi connectivity index (χ2v) is 3.36. The number of halogens is 2. The number of carbonyl (C=O) groups excluding carboxylic acids is 1. The summed E-state index contributed by atoms with van der Waals surface area (Å²) in [5.41, 5.74) is 0.671. The van der Waals surface area contributed by atoms with Crippen molar-refractivity contribution in [3.05, 3.63) is 29.0 Å². The first kappa shape index (κ1) is 8.68. The van der Waals surface area contributed by atoms with Gasteiger partial charge >= 0.3 is 0 Å². The van der Waals surface area contributed by atoms with Crippen LogP contribution in [0.4, 0.5) is 0 Å². The molecule has 1 rings (SSSR count). The number of aromatic nitrogens is 1. The number of nitrogens with zero attached hydrogens (tertiary/aromatic N) is 1. The maximum Gasteiger partial charge on any atom is 0.139 e. The molecule has 0 N–H and O–H groups in total. The maximum atomic E-state index is 10.3. The van der Waals surface area contributed by atoms with Crippen LogP contribution in [0.2, 0.25) is 5.02 Å². The predicted molar refractivity (Wildman–Crippen MR) is 47.0 cm³/mol. The summed E-state index contributed by atoms with van der Waals surface area (Å²) in [5.74, 6) is 0. The first-order valence-electron chi connectivity index (χ1n) is 2.95. The highest BCUT2D eigenvalue weighted by atomic mass is 79.9. The van der Waals surface area contributed by atoms with Crippen molar-refractivity contribution in [3.63, 3.8) is 0 Å². The highest BCUT2D eigenvalue weighted by molar-refractivity contribution is 9.09. The Labute approximate surface area is 77.7 Å². The fourth-order valence-electron chi connectivity index (χ4n) is 0.620. The van der Waals surface area contributed by atoms with Crippen LogP contribution in [0.5, 0.6) is 0 Å². The number of carbonyl (C=O) groups is 1. The average Bonchev–Trinajstić information content (AvgIpc) is 2.05. The number of hydrogen-bond donors (Lipinski definition) is 0. The molecule has 0 aliphatic rings. The zero-order chi connectivity index (χ0) is 8.27. The van der Waals surface area contributed by atoms with Crippen molar-refractivity contribution >= 4 is 33.8 Å². The molecule has 1 aromatic rings. The second-order valence-electron chi connectivity index (χ2n) is 1.94. The Bertz CT molecular complexity index is 249. The second kappa shape index (κ2) is 3.83. The molecule has 4 heteroatoms. The third kappa shape index (κ3) is 2.27. The predicted octanol–water partition coefficient (Wildman–Crippen LogP) is 2.37. The lowest BCUT2D eigenvalue weighted by Gasteiger charge is -1.99. The molecule has 0 radical (unpaired) electrons. The molecule has 0 aromatic carbocycles. The molecule has 0 aliphatic heterocycles. The van der Waals surface area contributed by atoms with E-state index in [4.69, 9.17) is 11.6 Å². The van der Waals surface area contributed by atoms with Gasteiger partial charge in [-0.2, -0.15) is 0 Å². The summed E-state index contributed by atoms with van der Waals surface area (Å²) >= 11 is 8.73. The smallest absolute Gasteiger partial charge is 0.139 e. The molecule has 1 heterocycles. The third-order valence-electron chi connectivity index (χ3n) is 1.15. The van der Waals surface area contributed by atoms with Crippen LogP contribution >= 0.6 is 27.5 Å². The van der Waals surface area contributed by atoms with Crippen molar-refractivity contribution in [1.29, 1.82) is 0 Å². The fourth-order valence-corrected chi connectivity index (χ4v) is 1.00. The monoisotopic (exact) mass is 233 g/mol. The molecule has 0 aliphatic carbocycles. The van der Waals surface area contributed by atoms with Crippen LogP contribution in [-0.2, 0) is 4.79 Å². The highest BCUT2D eigenvalue weighted by Gasteiger charge is 2.05. The Hall–Kier alpha value is -0.410. The number of pyridine rings is 1. The molecule has 2 nitrogen and oxygen atoms in total. The van der Waals surface area contributed by atoms with Gasteiger partial charge in [0.05, 0.1) is 10.7 Å². The molecule has 11 heavy (non-hydrogen) atoms. The summed E-state index contributed by atoms with van der Waals surface area (Å²) in [6.45, 7) is 0. The minimum Gasteiger partial charge on any atom is -0.302 e. The summed E-state index contributed by atoms with van der Waals surface area (Å²) < 4.78 is 0. The summed E-state index contributed by atoms with van der Waals surface area (Å²) in [5, 5.41) is 0.569. The third-order valence-corrected chi connectivity index (χ3v) is 2.06. The van der Waals surface area contributed by atoms with Gasteiger partial charge in [-0.05, 0) is 12.1 Å². The largest absolute Gasteiger partial charge is 0.302 e. The number of aldehydes is 1. The van der Waals surface area contributed by atoms with Crippen molar-refractivity contribution in [3.8, 4) is 0 Å². The summed E-state index contributed by atoms with van der Waals surface area (Å²) in [7, 11) is 0. The standard InChI is InChI=1S/C7H5BrClNO/c8-6(4-11)7-2-1-5(9)3-10-7/h1-4,6H. The average molecular weight is 234 g/mol. The molecule has 0 fully saturated rings. The van der Waals surface area contributed by atoms with Crippen LogP contribution in [0.1, 0.15) is 10.5 Å². The maximum absolute atomic E-state index is 10.3. The van der Waals surface area contributed by atoms with E-state index in [0.717, 1.165) is 6.29 Å². The highest BCUT2D eigenvalue weighted by Crippen LogP contribution is 2.18. The molecular weight excluding hydrogens is 229 g/mol. The zero-order valence-corrected chi connectivity index (χ0v) is 7.84. The van der Waals surface area contributed by atoms with Gasteiger partial charge in [0.1, 0.15) is 11.1 Å². The van der Waals surface area contributed by atoms with E-state index in [1.165, 1.54) is 6.20 Å². The van der Waals surface area contributed by atoms with Crippen LogP contribution < -0.4 is 0 Å². The molecule has 1 unspecified atom stereocenters. The van der Waals surface area contributed by atoms with E-state index in [1.807, 2.05) is 0 Å². The van der Waals surface area contributed by atoms with E-state index in [1.54, 1.807) is 12.1 Å². The van der Waals surface area contributed by atoms with Gasteiger partial charge in [-0.25, -0.2) is 0 Å². The molecule has 0 spiro atoms. The van der Waals surface area contributed by atoms with Gasteiger partial charge in [0.2, 0.25) is 0 Å². The van der Waals surface area contributed by atoms with Crippen molar-refractivity contribution in [2.24, 2.45) is 0 Å². The van der Waals surface area contributed by atoms with Crippen LogP contribution in [0.25, 0.3) is 0 Å². The lowest BCUT2D eigenvalue weighted by Crippen LogP contribution is -1.93. The van der Waals surface area contributed by atoms with Crippen molar-refractivity contribution in [2.45, 2.75) is 4.83 Å². The van der Waals surface area contributed by atoms with Crippen molar-refractivity contribution in [2.75, 3.05) is 0 Å². The van der Waals surface area contributed by atoms with E-state index < -0.39 is 0 Å². The number of rotatable bonds is 2. The Morgan fingerprint density at radius 3 is 2.82 bits per heavy atom. The molecule has 58 valence electrons. The lowest BCUT2D eigenvalue weighted by molar-refractivity contribution is -0.107. The van der Waals surface area contributed by atoms with Crippen LogP contribution in [0, 0.1) is 0 Å². The summed E-state index contributed by atoms with van der Waals surface area (Å²) in [4.78, 5) is 13.9. The van der Waals surface area contributed by atoms with Gasteiger partial charge < -0.3 is 4.79 Å². The van der Waals surface area contributed by atoms with E-state index in [-0.39, 0.29) is 4.83 Å². The Balaban J connectivity index is 2.89.